The van der Waals surface area contributed by atoms with Gasteiger partial charge in [0.2, 0.25) is 10.0 Å². The highest BCUT2D eigenvalue weighted by atomic mass is 32.2. The molecule has 1 aromatic carbocycles. The van der Waals surface area contributed by atoms with Crippen LogP contribution in [0.1, 0.15) is 32.8 Å². The first-order valence-corrected chi connectivity index (χ1v) is 11.0. The Bertz CT molecular complexity index is 967. The van der Waals surface area contributed by atoms with E-state index >= 15 is 0 Å². The lowest BCUT2D eigenvalue weighted by Crippen LogP contribution is -2.59. The molecule has 0 aromatic heterocycles. The summed E-state index contributed by atoms with van der Waals surface area (Å²) in [6, 6.07) is 5.65. The molecule has 2 aliphatic heterocycles. The number of esters is 1. The van der Waals surface area contributed by atoms with E-state index in [0.29, 0.717) is 0 Å². The highest BCUT2D eigenvalue weighted by molar-refractivity contribution is 7.89. The lowest BCUT2D eigenvalue weighted by Gasteiger charge is -2.43. The molecule has 158 valence electrons. The Kier molecular flexibility index (Phi) is 4.77. The fraction of sp³-hybridized carbons (Fsp3) is 0.550. The summed E-state index contributed by atoms with van der Waals surface area (Å²) in [6.07, 6.45) is -1.71. The maximum absolute atomic E-state index is 13.0. The Hall–Kier alpha value is -1.94. The highest BCUT2D eigenvalue weighted by Crippen LogP contribution is 2.46. The third kappa shape index (κ3) is 3.56. The average Bonchev–Trinajstić information content (AvgIpc) is 2.91. The van der Waals surface area contributed by atoms with E-state index in [1.807, 2.05) is 6.92 Å². The number of sulfonamides is 1. The van der Waals surface area contributed by atoms with Crippen LogP contribution in [0.3, 0.4) is 0 Å². The Morgan fingerprint density at radius 3 is 2.48 bits per heavy atom. The molecule has 0 radical (unpaired) electrons. The first kappa shape index (κ1) is 20.3. The summed E-state index contributed by atoms with van der Waals surface area (Å²) in [7, 11) is -3.89. The lowest BCUT2D eigenvalue weighted by atomic mass is 9.75. The molecule has 2 saturated heterocycles. The van der Waals surface area contributed by atoms with Crippen LogP contribution >= 0.6 is 0 Å². The first-order chi connectivity index (χ1) is 13.5. The number of nitrogens with one attached hydrogen (secondary N) is 1. The Morgan fingerprint density at radius 2 is 1.83 bits per heavy atom. The summed E-state index contributed by atoms with van der Waals surface area (Å²) in [6.45, 7) is 6.99. The molecule has 9 heteroatoms. The molecule has 4 rings (SSSR count). The second-order valence-corrected chi connectivity index (χ2v) is 10.0. The van der Waals surface area contributed by atoms with Crippen molar-refractivity contribution < 1.29 is 32.5 Å². The fourth-order valence-corrected chi connectivity index (χ4v) is 5.68. The predicted octanol–water partition coefficient (Wildman–Crippen LogP) is 1.94. The van der Waals surface area contributed by atoms with Crippen LogP contribution in [0.2, 0.25) is 0 Å². The van der Waals surface area contributed by atoms with Gasteiger partial charge in [-0.25, -0.2) is 17.9 Å². The molecule has 29 heavy (non-hydrogen) atoms. The molecule has 1 aromatic rings. The summed E-state index contributed by atoms with van der Waals surface area (Å²) in [4.78, 5) is 12.6. The lowest BCUT2D eigenvalue weighted by molar-refractivity contribution is -0.161. The number of ether oxygens (including phenoxy) is 3. The van der Waals surface area contributed by atoms with E-state index < -0.39 is 52.1 Å². The minimum absolute atomic E-state index is 0.0576. The fourth-order valence-electron chi connectivity index (χ4n) is 4.35. The van der Waals surface area contributed by atoms with Crippen molar-refractivity contribution >= 4 is 16.0 Å². The van der Waals surface area contributed by atoms with Crippen molar-refractivity contribution in [3.05, 3.63) is 41.2 Å². The zero-order valence-electron chi connectivity index (χ0n) is 16.7. The average molecular weight is 423 g/mol. The minimum Gasteiger partial charge on any atom is -0.512 e. The van der Waals surface area contributed by atoms with E-state index in [2.05, 4.69) is 4.72 Å². The molecule has 0 amide bonds. The Labute approximate surface area is 169 Å². The molecule has 0 unspecified atom stereocenters. The van der Waals surface area contributed by atoms with Crippen molar-refractivity contribution in [3.63, 3.8) is 0 Å². The Morgan fingerprint density at radius 1 is 1.17 bits per heavy atom. The summed E-state index contributed by atoms with van der Waals surface area (Å²) in [5, 5.41) is 10.5. The number of cyclic esters (lactones) is 1. The van der Waals surface area contributed by atoms with E-state index in [1.54, 1.807) is 32.9 Å². The quantitative estimate of drug-likeness (QED) is 0.715. The first-order valence-electron chi connectivity index (χ1n) is 9.56. The molecule has 5 atom stereocenters. The molecule has 2 fully saturated rings. The third-order valence-corrected chi connectivity index (χ3v) is 7.12. The summed E-state index contributed by atoms with van der Waals surface area (Å²) < 4.78 is 46.0. The van der Waals surface area contributed by atoms with E-state index in [1.165, 1.54) is 12.1 Å². The molecule has 1 aliphatic carbocycles. The van der Waals surface area contributed by atoms with Gasteiger partial charge in [0.25, 0.3) is 0 Å². The van der Waals surface area contributed by atoms with Crippen molar-refractivity contribution in [3.8, 4) is 0 Å². The van der Waals surface area contributed by atoms with Crippen molar-refractivity contribution in [2.24, 2.45) is 5.92 Å². The van der Waals surface area contributed by atoms with Crippen LogP contribution in [-0.2, 0) is 29.0 Å². The van der Waals surface area contributed by atoms with Gasteiger partial charge in [-0.1, -0.05) is 17.7 Å². The molecular weight excluding hydrogens is 398 g/mol. The number of hydrogen-bond donors (Lipinski definition) is 2. The van der Waals surface area contributed by atoms with Gasteiger partial charge in [-0.05, 0) is 39.8 Å². The van der Waals surface area contributed by atoms with Crippen LogP contribution in [0.4, 0.5) is 0 Å². The van der Waals surface area contributed by atoms with Gasteiger partial charge in [0.1, 0.15) is 11.9 Å². The van der Waals surface area contributed by atoms with Crippen LogP contribution < -0.4 is 4.72 Å². The highest BCUT2D eigenvalue weighted by Gasteiger charge is 2.57. The van der Waals surface area contributed by atoms with E-state index in [0.717, 1.165) is 5.56 Å². The van der Waals surface area contributed by atoms with E-state index in [-0.39, 0.29) is 22.6 Å². The van der Waals surface area contributed by atoms with Gasteiger partial charge in [-0.3, -0.25) is 0 Å². The van der Waals surface area contributed by atoms with E-state index in [4.69, 9.17) is 14.2 Å². The Balaban J connectivity index is 1.73. The minimum atomic E-state index is -3.89. The number of carbonyl (C=O) groups excluding carboxylic acids is 1. The van der Waals surface area contributed by atoms with Gasteiger partial charge in [-0.15, -0.1) is 0 Å². The smallest absolute Gasteiger partial charge is 0.338 e. The van der Waals surface area contributed by atoms with Gasteiger partial charge in [0.15, 0.2) is 5.79 Å². The van der Waals surface area contributed by atoms with Crippen LogP contribution in [0.25, 0.3) is 0 Å². The monoisotopic (exact) mass is 423 g/mol. The standard InChI is InChI=1S/C20H25NO7S/c1-10-5-7-12(8-6-10)29(24,25)21-17-11(2)26-19(23)15-13(22)9-14-18(16(15)17)28-20(3,4)27-14/h5-8,11,14,16-18,21-22H,9H2,1-4H3/t11-,14-,16-,17+,18+/m1/s1. The normalized spacial score (nSPS) is 33.8. The molecule has 2 heterocycles. The maximum atomic E-state index is 13.0. The van der Waals surface area contributed by atoms with Crippen molar-refractivity contribution in [1.82, 2.24) is 4.72 Å². The molecule has 0 saturated carbocycles. The number of hydrogen-bond acceptors (Lipinski definition) is 7. The zero-order valence-corrected chi connectivity index (χ0v) is 17.5. The number of aryl methyl sites for hydroxylation is 1. The van der Waals surface area contributed by atoms with Crippen molar-refractivity contribution in [2.45, 2.75) is 69.2 Å². The molecule has 8 nitrogen and oxygen atoms in total. The number of aliphatic hydroxyl groups excluding tert-OH is 1. The molecule has 3 aliphatic rings. The second-order valence-electron chi connectivity index (χ2n) is 8.30. The van der Waals surface area contributed by atoms with Gasteiger partial charge in [0, 0.05) is 12.3 Å². The largest absolute Gasteiger partial charge is 0.512 e. The summed E-state index contributed by atoms with van der Waals surface area (Å²) in [5.74, 6) is -2.44. The maximum Gasteiger partial charge on any atom is 0.338 e. The molecular formula is C20H25NO7S. The van der Waals surface area contributed by atoms with Gasteiger partial charge >= 0.3 is 5.97 Å². The number of rotatable bonds is 3. The predicted molar refractivity (Wildman–Crippen MR) is 102 cm³/mol. The number of benzene rings is 1. The third-order valence-electron chi connectivity index (χ3n) is 5.64. The van der Waals surface area contributed by atoms with Crippen molar-refractivity contribution in [1.29, 1.82) is 0 Å². The number of fused-ring (bicyclic) bond motifs is 3. The second kappa shape index (κ2) is 6.80. The van der Waals surface area contributed by atoms with Crippen molar-refractivity contribution in [2.75, 3.05) is 0 Å². The molecule has 0 spiro atoms. The van der Waals surface area contributed by atoms with E-state index in [9.17, 15) is 18.3 Å². The van der Waals surface area contributed by atoms with Gasteiger partial charge in [0.05, 0.1) is 28.7 Å². The van der Waals surface area contributed by atoms with Gasteiger partial charge < -0.3 is 19.3 Å². The number of carbonyl (C=O) groups is 1. The van der Waals surface area contributed by atoms with Crippen LogP contribution in [0.15, 0.2) is 40.5 Å². The van der Waals surface area contributed by atoms with Crippen LogP contribution in [0.5, 0.6) is 0 Å². The zero-order chi connectivity index (χ0) is 21.1. The SMILES string of the molecule is Cc1ccc(S(=O)(=O)N[C@@H]2[C@H]3C(=C(O)C[C@H]4OC(C)(C)O[C@H]34)C(=O)O[C@@H]2C)cc1. The molecule has 0 bridgehead atoms. The van der Waals surface area contributed by atoms with Gasteiger partial charge in [-0.2, -0.15) is 0 Å². The number of aliphatic hydroxyl groups is 1. The summed E-state index contributed by atoms with van der Waals surface area (Å²) in [5.41, 5.74) is 0.996. The molecule has 2 N–H and O–H groups in total. The summed E-state index contributed by atoms with van der Waals surface area (Å²) >= 11 is 0. The topological polar surface area (TPSA) is 111 Å². The van der Waals surface area contributed by atoms with Crippen LogP contribution in [-0.4, -0.2) is 49.6 Å². The van der Waals surface area contributed by atoms with Crippen LogP contribution in [0, 0.1) is 12.8 Å².